The molecule has 0 fully saturated rings. The SMILES string of the molecule is c1ccc(-c2nc(-c3ccc(-c4cccc(-n5c6ccccc6c6ncccc65)c4)cc3)c3ccccc3n2)cc1. The normalized spacial score (nSPS) is 11.4. The molecule has 3 aromatic heterocycles. The van der Waals surface area contributed by atoms with Crippen molar-refractivity contribution in [2.24, 2.45) is 0 Å². The molecule has 4 heteroatoms. The molecule has 4 nitrogen and oxygen atoms in total. The summed E-state index contributed by atoms with van der Waals surface area (Å²) in [6.45, 7) is 0. The van der Waals surface area contributed by atoms with Crippen molar-refractivity contribution in [3.8, 4) is 39.5 Å². The Hall–Kier alpha value is -5.61. The molecule has 0 unspecified atom stereocenters. The highest BCUT2D eigenvalue weighted by Gasteiger charge is 2.14. The number of nitrogens with zero attached hydrogens (tertiary/aromatic N) is 4. The second kappa shape index (κ2) is 9.54. The predicted octanol–water partition coefficient (Wildman–Crippen LogP) is 9.12. The van der Waals surface area contributed by atoms with Gasteiger partial charge >= 0.3 is 0 Å². The second-order valence-corrected chi connectivity index (χ2v) is 10.1. The van der Waals surface area contributed by atoms with Crippen LogP contribution in [0.1, 0.15) is 0 Å². The van der Waals surface area contributed by atoms with Gasteiger partial charge in [0.15, 0.2) is 5.82 Å². The first-order valence-corrected chi connectivity index (χ1v) is 13.7. The van der Waals surface area contributed by atoms with Crippen LogP contribution in [0.4, 0.5) is 0 Å². The highest BCUT2D eigenvalue weighted by atomic mass is 15.0. The maximum absolute atomic E-state index is 5.03. The average molecular weight is 525 g/mol. The number of fused-ring (bicyclic) bond motifs is 4. The summed E-state index contributed by atoms with van der Waals surface area (Å²) in [5.41, 5.74) is 10.6. The van der Waals surface area contributed by atoms with Crippen molar-refractivity contribution in [1.29, 1.82) is 0 Å². The van der Waals surface area contributed by atoms with Gasteiger partial charge in [0.2, 0.25) is 0 Å². The summed E-state index contributed by atoms with van der Waals surface area (Å²) in [5, 5.41) is 2.20. The molecule has 0 N–H and O–H groups in total. The Labute approximate surface area is 237 Å². The second-order valence-electron chi connectivity index (χ2n) is 10.1. The molecule has 0 aliphatic heterocycles. The van der Waals surface area contributed by atoms with E-state index < -0.39 is 0 Å². The van der Waals surface area contributed by atoms with E-state index >= 15 is 0 Å². The molecule has 5 aromatic carbocycles. The fraction of sp³-hybridized carbons (Fsp3) is 0. The Morgan fingerprint density at radius 1 is 0.463 bits per heavy atom. The fourth-order valence-corrected chi connectivity index (χ4v) is 5.72. The lowest BCUT2D eigenvalue weighted by Crippen LogP contribution is -1.95. The molecule has 0 amide bonds. The number of rotatable bonds is 4. The third-order valence-corrected chi connectivity index (χ3v) is 7.66. The molecular formula is C37H24N4. The average Bonchev–Trinajstić information content (AvgIpc) is 3.39. The van der Waals surface area contributed by atoms with Crippen molar-refractivity contribution < 1.29 is 0 Å². The maximum atomic E-state index is 5.03. The van der Waals surface area contributed by atoms with E-state index in [9.17, 15) is 0 Å². The van der Waals surface area contributed by atoms with Crippen LogP contribution >= 0.6 is 0 Å². The van der Waals surface area contributed by atoms with E-state index in [-0.39, 0.29) is 0 Å². The minimum Gasteiger partial charge on any atom is -0.308 e. The molecule has 3 heterocycles. The monoisotopic (exact) mass is 524 g/mol. The lowest BCUT2D eigenvalue weighted by Gasteiger charge is -2.12. The predicted molar refractivity (Wildman–Crippen MR) is 168 cm³/mol. The van der Waals surface area contributed by atoms with Crippen molar-refractivity contribution in [3.05, 3.63) is 146 Å². The van der Waals surface area contributed by atoms with Crippen molar-refractivity contribution >= 4 is 32.8 Å². The molecule has 8 aromatic rings. The third kappa shape index (κ3) is 3.97. The van der Waals surface area contributed by atoms with Crippen LogP contribution in [0.5, 0.6) is 0 Å². The van der Waals surface area contributed by atoms with E-state index in [4.69, 9.17) is 15.0 Å². The summed E-state index contributed by atoms with van der Waals surface area (Å²) in [6.07, 6.45) is 1.86. The molecule has 0 atom stereocenters. The molecule has 0 saturated carbocycles. The van der Waals surface area contributed by atoms with Gasteiger partial charge in [0.05, 0.1) is 27.8 Å². The molecule has 0 aliphatic rings. The third-order valence-electron chi connectivity index (χ3n) is 7.66. The number of benzene rings is 5. The Kier molecular flexibility index (Phi) is 5.42. The molecule has 0 bridgehead atoms. The van der Waals surface area contributed by atoms with Crippen molar-refractivity contribution in [3.63, 3.8) is 0 Å². The minimum absolute atomic E-state index is 0.733. The molecule has 8 rings (SSSR count). The van der Waals surface area contributed by atoms with Crippen LogP contribution in [0.25, 0.3) is 72.3 Å². The first-order valence-electron chi connectivity index (χ1n) is 13.7. The number of hydrogen-bond donors (Lipinski definition) is 0. The largest absolute Gasteiger partial charge is 0.308 e. The van der Waals surface area contributed by atoms with Gasteiger partial charge in [-0.1, -0.05) is 103 Å². The molecule has 192 valence electrons. The molecule has 0 saturated heterocycles. The first-order chi connectivity index (χ1) is 20.3. The van der Waals surface area contributed by atoms with E-state index in [0.717, 1.165) is 72.3 Å². The lowest BCUT2D eigenvalue weighted by molar-refractivity contribution is 1.18. The van der Waals surface area contributed by atoms with Crippen LogP contribution in [0.3, 0.4) is 0 Å². The zero-order valence-electron chi connectivity index (χ0n) is 22.1. The van der Waals surface area contributed by atoms with E-state index in [0.29, 0.717) is 0 Å². The number of hydrogen-bond acceptors (Lipinski definition) is 3. The highest BCUT2D eigenvalue weighted by molar-refractivity contribution is 6.07. The summed E-state index contributed by atoms with van der Waals surface area (Å²) >= 11 is 0. The van der Waals surface area contributed by atoms with Gasteiger partial charge in [-0.2, -0.15) is 0 Å². The van der Waals surface area contributed by atoms with E-state index in [2.05, 4.69) is 108 Å². The van der Waals surface area contributed by atoms with Crippen LogP contribution in [0, 0.1) is 0 Å². The Morgan fingerprint density at radius 2 is 1.17 bits per heavy atom. The lowest BCUT2D eigenvalue weighted by atomic mass is 10.0. The standard InChI is InChI=1S/C37H24N4/c1-2-10-27(11-3-1)37-39-32-16-6-4-14-30(32)35(40-37)26-21-19-25(20-22-26)28-12-8-13-29(24-28)41-33-17-7-5-15-31(33)36-34(41)18-9-23-38-36/h1-24H. The first kappa shape index (κ1) is 23.3. The zero-order valence-corrected chi connectivity index (χ0v) is 22.1. The van der Waals surface area contributed by atoms with Crippen molar-refractivity contribution in [2.75, 3.05) is 0 Å². The van der Waals surface area contributed by atoms with Gasteiger partial charge in [0, 0.05) is 33.8 Å². The van der Waals surface area contributed by atoms with Crippen molar-refractivity contribution in [2.45, 2.75) is 0 Å². The van der Waals surface area contributed by atoms with E-state index in [1.54, 1.807) is 0 Å². The molecule has 41 heavy (non-hydrogen) atoms. The smallest absolute Gasteiger partial charge is 0.160 e. The van der Waals surface area contributed by atoms with Gasteiger partial charge in [0.1, 0.15) is 0 Å². The summed E-state index contributed by atoms with van der Waals surface area (Å²) in [6, 6.07) is 48.4. The topological polar surface area (TPSA) is 43.6 Å². The number of pyridine rings is 1. The fourth-order valence-electron chi connectivity index (χ4n) is 5.72. The highest BCUT2D eigenvalue weighted by Crippen LogP contribution is 2.34. The molecule has 0 spiro atoms. The molecule has 0 aliphatic carbocycles. The molecular weight excluding hydrogens is 500 g/mol. The Balaban J connectivity index is 1.22. The Morgan fingerprint density at radius 3 is 2.05 bits per heavy atom. The van der Waals surface area contributed by atoms with Gasteiger partial charge in [-0.25, -0.2) is 9.97 Å². The zero-order chi connectivity index (χ0) is 27.2. The van der Waals surface area contributed by atoms with E-state index in [1.807, 2.05) is 42.6 Å². The van der Waals surface area contributed by atoms with E-state index in [1.165, 1.54) is 0 Å². The van der Waals surface area contributed by atoms with Crippen LogP contribution < -0.4 is 0 Å². The van der Waals surface area contributed by atoms with Crippen LogP contribution in [0.15, 0.2) is 146 Å². The van der Waals surface area contributed by atoms with Crippen molar-refractivity contribution in [1.82, 2.24) is 19.5 Å². The van der Waals surface area contributed by atoms with Gasteiger partial charge in [-0.3, -0.25) is 4.98 Å². The number of para-hydroxylation sites is 2. The van der Waals surface area contributed by atoms with Crippen LogP contribution in [-0.4, -0.2) is 19.5 Å². The summed E-state index contributed by atoms with van der Waals surface area (Å²) in [7, 11) is 0. The van der Waals surface area contributed by atoms with Gasteiger partial charge in [-0.05, 0) is 47.5 Å². The Bertz CT molecular complexity index is 2140. The van der Waals surface area contributed by atoms with Crippen LogP contribution in [-0.2, 0) is 0 Å². The minimum atomic E-state index is 0.733. The molecule has 0 radical (unpaired) electrons. The summed E-state index contributed by atoms with van der Waals surface area (Å²) in [4.78, 5) is 14.6. The number of aromatic nitrogens is 4. The van der Waals surface area contributed by atoms with Gasteiger partial charge < -0.3 is 4.57 Å². The summed E-state index contributed by atoms with van der Waals surface area (Å²) in [5.74, 6) is 0.733. The summed E-state index contributed by atoms with van der Waals surface area (Å²) < 4.78 is 2.30. The maximum Gasteiger partial charge on any atom is 0.160 e. The van der Waals surface area contributed by atoms with Gasteiger partial charge in [0.25, 0.3) is 0 Å². The quantitative estimate of drug-likeness (QED) is 0.231. The van der Waals surface area contributed by atoms with Crippen LogP contribution in [0.2, 0.25) is 0 Å². The van der Waals surface area contributed by atoms with Gasteiger partial charge in [-0.15, -0.1) is 0 Å².